The molecule has 2 aromatic carbocycles. The van der Waals surface area contributed by atoms with E-state index >= 15 is 0 Å². The first-order valence-electron chi connectivity index (χ1n) is 20.2. The molecular weight excluding hydrogens is 987 g/mol. The number of nitrogen functional groups attached to an aromatic ring is 1. The lowest BCUT2D eigenvalue weighted by Crippen LogP contribution is -2.46. The molecule has 1 saturated heterocycles. The zero-order valence-electron chi connectivity index (χ0n) is 35.8. The summed E-state index contributed by atoms with van der Waals surface area (Å²) in [5.74, 6) is -0.709. The summed E-state index contributed by atoms with van der Waals surface area (Å²) in [5, 5.41) is 46.3. The van der Waals surface area contributed by atoms with E-state index < -0.39 is 84.6 Å². The van der Waals surface area contributed by atoms with Gasteiger partial charge in [-0.25, -0.2) is 28.6 Å². The molecule has 1 fully saturated rings. The van der Waals surface area contributed by atoms with Crippen molar-refractivity contribution < 1.29 is 95.4 Å². The van der Waals surface area contributed by atoms with E-state index in [0.717, 1.165) is 40.1 Å². The molecule has 2 aliphatic heterocycles. The Morgan fingerprint density at radius 3 is 2.22 bits per heavy atom. The van der Waals surface area contributed by atoms with Crippen LogP contribution in [0.15, 0.2) is 49.1 Å². The van der Waals surface area contributed by atoms with Crippen molar-refractivity contribution in [2.45, 2.75) is 69.7 Å². The van der Waals surface area contributed by atoms with Crippen LogP contribution in [0.2, 0.25) is 0 Å². The van der Waals surface area contributed by atoms with E-state index in [4.69, 9.17) is 24.3 Å². The number of nitrogens with one attached hydrogen (secondary N) is 2. The van der Waals surface area contributed by atoms with Crippen LogP contribution in [-0.2, 0) is 50.7 Å². The number of benzene rings is 2. The van der Waals surface area contributed by atoms with Crippen molar-refractivity contribution >= 4 is 69.1 Å². The number of fused-ring (bicyclic) bond motifs is 3. The molecule has 7 atom stereocenters. The van der Waals surface area contributed by atoms with Crippen LogP contribution in [0.25, 0.3) is 11.2 Å². The van der Waals surface area contributed by atoms with E-state index in [1.54, 1.807) is 12.1 Å². The van der Waals surface area contributed by atoms with E-state index in [-0.39, 0.29) is 71.2 Å². The quantitative estimate of drug-likeness (QED) is 0.0395. The molecule has 68 heavy (non-hydrogen) atoms. The van der Waals surface area contributed by atoms with E-state index in [0.29, 0.717) is 17.9 Å². The molecule has 12 N–H and O–H groups in total. The minimum atomic E-state index is -5.61. The Bertz CT molecular complexity index is 2600. The average molecular weight is 1040 g/mol. The summed E-state index contributed by atoms with van der Waals surface area (Å²) in [7, 11) is -16.5. The minimum Gasteiger partial charge on any atom is -0.508 e. The number of aromatic nitrogens is 4. The minimum absolute atomic E-state index is 0.00154. The van der Waals surface area contributed by atoms with E-state index in [1.165, 1.54) is 38.1 Å². The number of hydrogen-bond acceptors (Lipinski definition) is 21. The fraction of sp³-hybridized carbons (Fsp3) is 0.459. The first-order chi connectivity index (χ1) is 31.8. The highest BCUT2D eigenvalue weighted by Gasteiger charge is 2.50. The molecular formula is C37H48N7O20P3S. The molecule has 372 valence electrons. The lowest BCUT2D eigenvalue weighted by molar-refractivity contribution is -0.137. The number of imidazole rings is 1. The Hall–Kier alpha value is -4.60. The topological polar surface area (TPSA) is 413 Å². The Balaban J connectivity index is 0.897. The number of rotatable bonds is 22. The summed E-state index contributed by atoms with van der Waals surface area (Å²) >= 11 is 1.02. The van der Waals surface area contributed by atoms with Crippen LogP contribution in [0, 0.1) is 5.41 Å². The van der Waals surface area contributed by atoms with Gasteiger partial charge in [0.25, 0.3) is 0 Å². The van der Waals surface area contributed by atoms with Gasteiger partial charge in [0, 0.05) is 66.3 Å². The SMILES string of the molecule is CC(C)(COP(=O)(O)OP(=O)(O)OCC1OC(n2cnc3c(N)ncnc32)C(O)C1OP(=O)(O)O)C(O)C(=O)NCCC(=O)NCCSC(=O)CCC1c2ccc(O)cc2Oc2cc(O)ccc21. The molecule has 2 amide bonds. The lowest BCUT2D eigenvalue weighted by Gasteiger charge is -2.30. The molecule has 31 heteroatoms. The number of phosphoric acid groups is 3. The summed E-state index contributed by atoms with van der Waals surface area (Å²) in [6.07, 6.45) is -6.51. The predicted molar refractivity (Wildman–Crippen MR) is 234 cm³/mol. The number of hydrogen-bond donors (Lipinski definition) is 11. The fourth-order valence-corrected chi connectivity index (χ4v) is 10.5. The molecule has 4 heterocycles. The normalized spacial score (nSPS) is 20.6. The number of phenols is 2. The monoisotopic (exact) mass is 1040 g/mol. The largest absolute Gasteiger partial charge is 0.508 e. The highest BCUT2D eigenvalue weighted by Crippen LogP contribution is 2.61. The van der Waals surface area contributed by atoms with Crippen LogP contribution < -0.4 is 21.1 Å². The molecule has 0 radical (unpaired) electrons. The van der Waals surface area contributed by atoms with Crippen molar-refractivity contribution in [1.29, 1.82) is 0 Å². The standard InChI is InChI=1S/C37H48N7O20P3S/c1-37(2,16-60-67(57,58)64-66(55,56)59-15-26-31(63-65(52,53)54)30(49)36(62-26)44-18-43-29-33(38)41-17-42-34(29)44)32(50)35(51)40-10-9-27(47)39-11-12-68-28(48)8-7-21-22-5-3-19(45)13-24(22)61-25-14-20(46)4-6-23(21)25/h3-6,13-14,17-18,21,26,30-32,36,45-46,49-50H,7-12,15-16H2,1-2H3,(H,39,47)(H,40,51)(H,55,56)(H,57,58)(H2,38,41,42)(H2,52,53,54). The van der Waals surface area contributed by atoms with Gasteiger partial charge in [0.15, 0.2) is 22.8 Å². The summed E-state index contributed by atoms with van der Waals surface area (Å²) in [4.78, 5) is 89.1. The summed E-state index contributed by atoms with van der Waals surface area (Å²) in [6, 6.07) is 9.41. The van der Waals surface area contributed by atoms with Gasteiger partial charge in [0.1, 0.15) is 59.3 Å². The smallest absolute Gasteiger partial charge is 0.481 e. The van der Waals surface area contributed by atoms with Crippen LogP contribution in [0.5, 0.6) is 23.0 Å². The Labute approximate surface area is 389 Å². The molecule has 7 unspecified atom stereocenters. The summed E-state index contributed by atoms with van der Waals surface area (Å²) in [5.41, 5.74) is 5.77. The molecule has 0 spiro atoms. The highest BCUT2D eigenvalue weighted by atomic mass is 32.2. The molecule has 0 aliphatic carbocycles. The van der Waals surface area contributed by atoms with Gasteiger partial charge in [-0.1, -0.05) is 37.7 Å². The van der Waals surface area contributed by atoms with Gasteiger partial charge in [-0.05, 0) is 18.6 Å². The average Bonchev–Trinajstić information content (AvgIpc) is 3.81. The number of thioether (sulfide) groups is 1. The molecule has 27 nitrogen and oxygen atoms in total. The van der Waals surface area contributed by atoms with Crippen molar-refractivity contribution in [3.05, 3.63) is 60.2 Å². The number of anilines is 1. The number of aliphatic hydroxyl groups is 2. The van der Waals surface area contributed by atoms with Gasteiger partial charge < -0.3 is 65.8 Å². The molecule has 0 bridgehead atoms. The van der Waals surface area contributed by atoms with E-state index in [1.807, 2.05) is 0 Å². The molecule has 2 aliphatic rings. The number of aliphatic hydroxyl groups excluding tert-OH is 2. The maximum absolute atomic E-state index is 12.8. The van der Waals surface area contributed by atoms with Gasteiger partial charge in [0.2, 0.25) is 11.8 Å². The first kappa shape index (κ1) is 52.8. The number of carbonyl (C=O) groups excluding carboxylic acids is 3. The third-order valence-corrected chi connectivity index (χ3v) is 14.4. The summed E-state index contributed by atoms with van der Waals surface area (Å²) < 4.78 is 68.3. The van der Waals surface area contributed by atoms with Crippen LogP contribution in [0.1, 0.15) is 56.4 Å². The van der Waals surface area contributed by atoms with Crippen molar-refractivity contribution in [1.82, 2.24) is 30.2 Å². The number of phenolic OH excluding ortho intramolecular Hbond substituents is 2. The van der Waals surface area contributed by atoms with Crippen molar-refractivity contribution in [3.8, 4) is 23.0 Å². The number of ether oxygens (including phenoxy) is 2. The number of aromatic hydroxyl groups is 2. The van der Waals surface area contributed by atoms with Gasteiger partial charge >= 0.3 is 23.5 Å². The number of phosphoric ester groups is 3. The predicted octanol–water partition coefficient (Wildman–Crippen LogP) is 1.79. The molecule has 0 saturated carbocycles. The van der Waals surface area contributed by atoms with Crippen molar-refractivity contribution in [2.75, 3.05) is 37.8 Å². The Morgan fingerprint density at radius 1 is 0.926 bits per heavy atom. The maximum Gasteiger partial charge on any atom is 0.481 e. The van der Waals surface area contributed by atoms with Crippen molar-refractivity contribution in [2.24, 2.45) is 5.41 Å². The second kappa shape index (κ2) is 21.6. The highest BCUT2D eigenvalue weighted by molar-refractivity contribution is 8.13. The van der Waals surface area contributed by atoms with Crippen LogP contribution in [0.3, 0.4) is 0 Å². The first-order valence-corrected chi connectivity index (χ1v) is 25.7. The van der Waals surface area contributed by atoms with E-state index in [2.05, 4.69) is 34.4 Å². The number of carbonyl (C=O) groups is 3. The number of nitrogens with two attached hydrogens (primary N) is 1. The summed E-state index contributed by atoms with van der Waals surface area (Å²) in [6.45, 7) is 0.282. The number of amides is 2. The zero-order valence-corrected chi connectivity index (χ0v) is 39.3. The Kier molecular flexibility index (Phi) is 16.7. The van der Waals surface area contributed by atoms with Crippen LogP contribution in [-0.4, -0.2) is 133 Å². The van der Waals surface area contributed by atoms with Gasteiger partial charge in [0.05, 0.1) is 19.5 Å². The van der Waals surface area contributed by atoms with Gasteiger partial charge in [-0.3, -0.25) is 32.5 Å². The molecule has 6 rings (SSSR count). The second-order valence-electron chi connectivity index (χ2n) is 15.9. The number of nitrogens with zero attached hydrogens (tertiary/aromatic N) is 4. The Morgan fingerprint density at radius 2 is 1.57 bits per heavy atom. The lowest BCUT2D eigenvalue weighted by atomic mass is 9.84. The van der Waals surface area contributed by atoms with Crippen LogP contribution >= 0.6 is 35.2 Å². The van der Waals surface area contributed by atoms with Gasteiger partial charge in [-0.2, -0.15) is 4.31 Å². The second-order valence-corrected chi connectivity index (χ2v) is 21.3. The van der Waals surface area contributed by atoms with Crippen LogP contribution in [0.4, 0.5) is 5.82 Å². The van der Waals surface area contributed by atoms with Crippen molar-refractivity contribution in [3.63, 3.8) is 0 Å². The molecule has 2 aromatic heterocycles. The fourth-order valence-electron chi connectivity index (χ4n) is 7.03. The maximum atomic E-state index is 12.8. The van der Waals surface area contributed by atoms with Gasteiger partial charge in [-0.15, -0.1) is 0 Å². The van der Waals surface area contributed by atoms with E-state index in [9.17, 15) is 68.1 Å². The third kappa shape index (κ3) is 13.6. The zero-order chi connectivity index (χ0) is 49.8. The molecule has 4 aromatic rings. The third-order valence-electron chi connectivity index (χ3n) is 10.4.